The fourth-order valence-corrected chi connectivity index (χ4v) is 10.6. The van der Waals surface area contributed by atoms with Gasteiger partial charge in [0.2, 0.25) is 5.91 Å². The maximum atomic E-state index is 13.9. The van der Waals surface area contributed by atoms with E-state index in [0.29, 0.717) is 56.2 Å². The van der Waals surface area contributed by atoms with E-state index in [4.69, 9.17) is 25.6 Å². The van der Waals surface area contributed by atoms with Gasteiger partial charge in [0.05, 0.1) is 56.5 Å². The summed E-state index contributed by atoms with van der Waals surface area (Å²) < 4.78 is 11.6. The Morgan fingerprint density at radius 3 is 2.60 bits per heavy atom. The number of carbonyl (C=O) groups is 3. The first-order valence-electron chi connectivity index (χ1n) is 20.4. The summed E-state index contributed by atoms with van der Waals surface area (Å²) in [6.45, 7) is 15.9. The van der Waals surface area contributed by atoms with Crippen molar-refractivity contribution in [3.63, 3.8) is 0 Å². The number of ketones is 1. The summed E-state index contributed by atoms with van der Waals surface area (Å²) in [7, 11) is 1.95. The Hall–Kier alpha value is -4.21. The quantitative estimate of drug-likeness (QED) is 0.193. The molecule has 0 aromatic rings. The van der Waals surface area contributed by atoms with Crippen molar-refractivity contribution < 1.29 is 43.7 Å². The molecule has 4 fully saturated rings. The number of nitrogens with one attached hydrogen (secondary N) is 1. The molecule has 15 nitrogen and oxygen atoms in total. The first kappa shape index (κ1) is 43.4. The van der Waals surface area contributed by atoms with Crippen LogP contribution in [0.5, 0.6) is 0 Å². The van der Waals surface area contributed by atoms with Crippen molar-refractivity contribution in [2.45, 2.75) is 103 Å². The van der Waals surface area contributed by atoms with Crippen LogP contribution in [0.4, 0.5) is 0 Å². The molecule has 10 atom stereocenters. The number of ether oxygens (including phenoxy) is 2. The number of cyclic esters (lactones) is 1. The van der Waals surface area contributed by atoms with Gasteiger partial charge in [0.15, 0.2) is 5.78 Å². The van der Waals surface area contributed by atoms with Gasteiger partial charge >= 0.3 is 12.1 Å². The van der Waals surface area contributed by atoms with Crippen molar-refractivity contribution in [3.05, 3.63) is 59.6 Å². The van der Waals surface area contributed by atoms with Crippen molar-refractivity contribution in [1.29, 1.82) is 0 Å². The summed E-state index contributed by atoms with van der Waals surface area (Å²) in [5, 5.41) is 25.8. The third kappa shape index (κ3) is 8.31. The molecule has 2 saturated carbocycles. The highest BCUT2D eigenvalue weighted by Crippen LogP contribution is 2.62. The molecule has 2 aliphatic carbocycles. The first-order chi connectivity index (χ1) is 27.7. The number of carbonyl (C=O) groups excluding carboxylic acids is 5. The summed E-state index contributed by atoms with van der Waals surface area (Å²) in [4.78, 5) is 71.7. The highest BCUT2D eigenvalue weighted by atomic mass is 16.5. The van der Waals surface area contributed by atoms with Gasteiger partial charge < -0.3 is 25.0 Å². The van der Waals surface area contributed by atoms with Crippen LogP contribution in [0.1, 0.15) is 66.2 Å². The molecule has 1 amide bonds. The number of amidine groups is 1. The van der Waals surface area contributed by atoms with Gasteiger partial charge in [-0.2, -0.15) is 9.59 Å². The predicted octanol–water partition coefficient (Wildman–Crippen LogP) is 2.33. The highest BCUT2D eigenvalue weighted by Gasteiger charge is 2.60. The van der Waals surface area contributed by atoms with Crippen molar-refractivity contribution in [1.82, 2.24) is 20.0 Å². The van der Waals surface area contributed by atoms with E-state index >= 15 is 0 Å². The molecule has 5 heterocycles. The van der Waals surface area contributed by atoms with E-state index in [1.807, 2.05) is 46.2 Å². The minimum atomic E-state index is -0.727. The molecule has 0 spiro atoms. The first-order valence-corrected chi connectivity index (χ1v) is 20.4. The largest absolute Gasteiger partial charge is 0.423 e. The molecule has 58 heavy (non-hydrogen) atoms. The molecule has 7 rings (SSSR count). The third-order valence-corrected chi connectivity index (χ3v) is 13.9. The van der Waals surface area contributed by atoms with Gasteiger partial charge in [-0.1, -0.05) is 39.0 Å². The lowest BCUT2D eigenvalue weighted by Gasteiger charge is -2.62. The number of aliphatic hydroxyl groups excluding tert-OH is 2. The average molecular weight is 803 g/mol. The molecule has 15 heteroatoms. The number of morpholine rings is 1. The second-order valence-electron chi connectivity index (χ2n) is 17.0. The lowest BCUT2D eigenvalue weighted by Crippen LogP contribution is -2.62. The number of amides is 1. The van der Waals surface area contributed by atoms with Gasteiger partial charge in [-0.05, 0) is 87.1 Å². The molecule has 5 aliphatic heterocycles. The number of allylic oxidation sites excluding steroid dienone is 4. The van der Waals surface area contributed by atoms with E-state index in [1.54, 1.807) is 23.3 Å². The summed E-state index contributed by atoms with van der Waals surface area (Å²) in [5.74, 6) is 0.133. The van der Waals surface area contributed by atoms with Gasteiger partial charge in [-0.25, -0.2) is 9.79 Å². The van der Waals surface area contributed by atoms with Crippen molar-refractivity contribution in [2.24, 2.45) is 32.7 Å². The van der Waals surface area contributed by atoms with Gasteiger partial charge in [-0.3, -0.25) is 29.3 Å². The van der Waals surface area contributed by atoms with Crippen LogP contribution < -0.4 is 5.32 Å². The molecule has 0 bridgehead atoms. The number of aliphatic imine (C=N–C) groups is 2. The number of likely N-dealkylation sites (N-methyl/N-ethyl adjacent to an activating group) is 1. The lowest BCUT2D eigenvalue weighted by molar-refractivity contribution is -0.191. The van der Waals surface area contributed by atoms with E-state index in [-0.39, 0.29) is 66.4 Å². The van der Waals surface area contributed by atoms with Crippen molar-refractivity contribution in [2.75, 3.05) is 46.5 Å². The zero-order chi connectivity index (χ0) is 41.9. The number of aliphatic hydroxyl groups is 2. The van der Waals surface area contributed by atoms with Gasteiger partial charge in [0.1, 0.15) is 17.8 Å². The third-order valence-electron chi connectivity index (χ3n) is 13.9. The van der Waals surface area contributed by atoms with Crippen LogP contribution in [0.3, 0.4) is 0 Å². The Morgan fingerprint density at radius 2 is 1.95 bits per heavy atom. The van der Waals surface area contributed by atoms with Gasteiger partial charge in [0.25, 0.3) is 0 Å². The number of rotatable bonds is 12. The normalized spacial score (nSPS) is 35.3. The second kappa shape index (κ2) is 18.0. The van der Waals surface area contributed by atoms with E-state index in [0.717, 1.165) is 37.1 Å². The van der Waals surface area contributed by atoms with Gasteiger partial charge in [-0.15, -0.1) is 0 Å². The fraction of sp³-hybridized carbons (Fsp3) is 0.628. The highest BCUT2D eigenvalue weighted by molar-refractivity contribution is 6.07. The molecule has 0 aromatic carbocycles. The zero-order valence-electron chi connectivity index (χ0n) is 34.3. The molecule has 0 radical (unpaired) electrons. The predicted molar refractivity (Wildman–Crippen MR) is 214 cm³/mol. The van der Waals surface area contributed by atoms with Crippen molar-refractivity contribution >= 4 is 35.9 Å². The van der Waals surface area contributed by atoms with Crippen LogP contribution in [-0.2, 0) is 33.4 Å². The Morgan fingerprint density at radius 1 is 1.22 bits per heavy atom. The van der Waals surface area contributed by atoms with E-state index in [2.05, 4.69) is 32.0 Å². The standard InChI is InChI=1S/C42H58N6O7.CO2/c1-7-32-39(52)48-23-27(8-9-38(48)46(32)6)18-28-19-29(40(53)55-28)31(45-26(3)34(50)22-37-43-12-13-44-37)20-30-25(2)33(47-14-16-54-17-15-47)21-35-41(30,4)11-10-36(51)42(35,5)24-49;2-1-3/h8-9,12,18-19,23,26,30-33,35-36,38,45,49,51H,2,7,10-11,13-17,20-22,24H2,1,3-6H3;/b28-18+;/t26?,30?,31?,32?,33?,35?,36-,38?,41-,42+;/m1./s1. The van der Waals surface area contributed by atoms with Crippen LogP contribution in [-0.4, -0.2) is 144 Å². The number of fused-ring (bicyclic) bond motifs is 2. The van der Waals surface area contributed by atoms with Crippen LogP contribution in [0.2, 0.25) is 0 Å². The molecule has 2 saturated heterocycles. The van der Waals surface area contributed by atoms with Crippen LogP contribution >= 0.6 is 0 Å². The molecular weight excluding hydrogens is 745 g/mol. The summed E-state index contributed by atoms with van der Waals surface area (Å²) >= 11 is 0. The lowest BCUT2D eigenvalue weighted by atomic mass is 9.45. The minimum Gasteiger partial charge on any atom is -0.423 e. The fourth-order valence-electron chi connectivity index (χ4n) is 10.6. The maximum Gasteiger partial charge on any atom is 0.373 e. The number of hydrogen-bond donors (Lipinski definition) is 3. The summed E-state index contributed by atoms with van der Waals surface area (Å²) in [6, 6.07) is -1.43. The van der Waals surface area contributed by atoms with E-state index in [1.165, 1.54) is 0 Å². The second-order valence-corrected chi connectivity index (χ2v) is 17.0. The van der Waals surface area contributed by atoms with E-state index < -0.39 is 29.6 Å². The topological polar surface area (TPSA) is 191 Å². The Balaban J connectivity index is 0.00000183. The van der Waals surface area contributed by atoms with E-state index in [9.17, 15) is 24.6 Å². The summed E-state index contributed by atoms with van der Waals surface area (Å²) in [6.07, 6.45) is 13.7. The number of hydrogen-bond acceptors (Lipinski definition) is 14. The Labute approximate surface area is 340 Å². The summed E-state index contributed by atoms with van der Waals surface area (Å²) in [5.41, 5.74) is 1.12. The average Bonchev–Trinajstić information content (AvgIpc) is 3.92. The number of esters is 1. The number of nitrogens with zero attached hydrogens (tertiary/aromatic N) is 5. The van der Waals surface area contributed by atoms with Crippen molar-refractivity contribution in [3.8, 4) is 0 Å². The molecule has 7 unspecified atom stereocenters. The Kier molecular flexibility index (Phi) is 13.4. The maximum absolute atomic E-state index is 13.9. The minimum absolute atomic E-state index is 0.00504. The molecule has 0 aromatic heterocycles. The zero-order valence-corrected chi connectivity index (χ0v) is 34.3. The monoisotopic (exact) mass is 802 g/mol. The number of Topliss-reactive ketones (excluding diaryl/α,β-unsaturated/α-hetero) is 1. The van der Waals surface area contributed by atoms with Crippen LogP contribution in [0, 0.1) is 22.7 Å². The SMILES string of the molecule is C=C1C(N2CCOCC2)CC2[C@](C)(CC[C@@H](O)[C@@]2(C)CO)C1CC(NC(C)C(=O)CC1=NCC=N1)C1=C/C(=C\C2=CN3C(=O)C(CC)N(C)C3C=C2)OC1=O.O=C=O. The smallest absolute Gasteiger partial charge is 0.373 e. The molecular formula is C43H58N6O9. The molecule has 314 valence electrons. The van der Waals surface area contributed by atoms with Crippen LogP contribution in [0.25, 0.3) is 0 Å². The van der Waals surface area contributed by atoms with Gasteiger partial charge in [0, 0.05) is 43.0 Å². The Bertz CT molecular complexity index is 1860. The molecule has 7 aliphatic rings. The van der Waals surface area contributed by atoms with Crippen LogP contribution in [0.15, 0.2) is 69.5 Å². The molecule has 3 N–H and O–H groups in total.